The van der Waals surface area contributed by atoms with E-state index in [4.69, 9.17) is 13.9 Å². The minimum atomic E-state index is -0.254. The Morgan fingerprint density at radius 3 is 2.62 bits per heavy atom. The molecule has 1 aromatic heterocycles. The van der Waals surface area contributed by atoms with Crippen LogP contribution in [0.1, 0.15) is 16.1 Å². The van der Waals surface area contributed by atoms with Crippen molar-refractivity contribution in [1.29, 1.82) is 0 Å². The van der Waals surface area contributed by atoms with E-state index in [0.717, 1.165) is 0 Å². The van der Waals surface area contributed by atoms with E-state index in [-0.39, 0.29) is 12.5 Å². The molecule has 0 radical (unpaired) electrons. The second kappa shape index (κ2) is 7.76. The van der Waals surface area contributed by atoms with Crippen LogP contribution in [0.4, 0.5) is 5.69 Å². The zero-order valence-electron chi connectivity index (χ0n) is 14.5. The second-order valence-electron chi connectivity index (χ2n) is 5.53. The van der Waals surface area contributed by atoms with Gasteiger partial charge in [0.1, 0.15) is 29.6 Å². The molecule has 134 valence electrons. The Morgan fingerprint density at radius 1 is 1.08 bits per heavy atom. The van der Waals surface area contributed by atoms with Crippen LogP contribution in [0.5, 0.6) is 11.5 Å². The fraction of sp³-hybridized carbons (Fsp3) is 0.150. The molecule has 2 N–H and O–H groups in total. The summed E-state index contributed by atoms with van der Waals surface area (Å²) in [5, 5.41) is 12.0. The number of carbonyl (C=O) groups excluding carboxylic acids is 1. The van der Waals surface area contributed by atoms with E-state index in [1.807, 2.05) is 0 Å². The minimum Gasteiger partial charge on any atom is -0.497 e. The number of rotatable bonds is 6. The van der Waals surface area contributed by atoms with Gasteiger partial charge in [-0.1, -0.05) is 6.07 Å². The smallest absolute Gasteiger partial charge is 0.255 e. The van der Waals surface area contributed by atoms with Crippen molar-refractivity contribution < 1.29 is 23.8 Å². The fourth-order valence-electron chi connectivity index (χ4n) is 2.55. The Balaban J connectivity index is 1.88. The Morgan fingerprint density at radius 2 is 1.92 bits per heavy atom. The van der Waals surface area contributed by atoms with Crippen molar-refractivity contribution in [3.8, 4) is 22.8 Å². The minimum absolute atomic E-state index is 0.186. The van der Waals surface area contributed by atoms with Gasteiger partial charge in [0.2, 0.25) is 0 Å². The largest absolute Gasteiger partial charge is 0.497 e. The Hall–Kier alpha value is -3.25. The third-order valence-electron chi connectivity index (χ3n) is 3.87. The lowest BCUT2D eigenvalue weighted by Crippen LogP contribution is -2.12. The number of amides is 1. The molecule has 0 saturated carbocycles. The average molecular weight is 353 g/mol. The first-order valence-corrected chi connectivity index (χ1v) is 7.98. The molecule has 2 aromatic carbocycles. The van der Waals surface area contributed by atoms with Crippen molar-refractivity contribution in [1.82, 2.24) is 0 Å². The number of ether oxygens (including phenoxy) is 2. The van der Waals surface area contributed by atoms with Gasteiger partial charge in [-0.15, -0.1) is 0 Å². The lowest BCUT2D eigenvalue weighted by atomic mass is 10.1. The summed E-state index contributed by atoms with van der Waals surface area (Å²) in [6.45, 7) is -0.186. The van der Waals surface area contributed by atoms with Crippen molar-refractivity contribution in [2.75, 3.05) is 19.5 Å². The highest BCUT2D eigenvalue weighted by atomic mass is 16.5. The molecule has 0 spiro atoms. The summed E-state index contributed by atoms with van der Waals surface area (Å²) in [4.78, 5) is 12.5. The molecule has 0 saturated heterocycles. The molecule has 0 aliphatic carbocycles. The first kappa shape index (κ1) is 17.6. The molecule has 0 fully saturated rings. The lowest BCUT2D eigenvalue weighted by Gasteiger charge is -2.11. The maximum Gasteiger partial charge on any atom is 0.255 e. The van der Waals surface area contributed by atoms with E-state index in [1.54, 1.807) is 68.8 Å². The molecule has 0 unspecified atom stereocenters. The summed E-state index contributed by atoms with van der Waals surface area (Å²) in [5.74, 6) is 1.95. The van der Waals surface area contributed by atoms with Crippen molar-refractivity contribution >= 4 is 11.6 Å². The molecular formula is C20H19NO5. The second-order valence-corrected chi connectivity index (χ2v) is 5.53. The van der Waals surface area contributed by atoms with Crippen LogP contribution in [-0.4, -0.2) is 25.2 Å². The van der Waals surface area contributed by atoms with Gasteiger partial charge < -0.3 is 24.3 Å². The Kier molecular flexibility index (Phi) is 5.24. The van der Waals surface area contributed by atoms with E-state index in [1.165, 1.54) is 0 Å². The van der Waals surface area contributed by atoms with Crippen LogP contribution < -0.4 is 14.8 Å². The molecule has 0 atom stereocenters. The highest BCUT2D eigenvalue weighted by molar-refractivity contribution is 6.04. The topological polar surface area (TPSA) is 80.9 Å². The quantitative estimate of drug-likeness (QED) is 0.706. The van der Waals surface area contributed by atoms with Gasteiger partial charge >= 0.3 is 0 Å². The number of furan rings is 1. The van der Waals surface area contributed by atoms with Gasteiger partial charge in [0.05, 0.1) is 19.8 Å². The van der Waals surface area contributed by atoms with Crippen LogP contribution in [0.25, 0.3) is 11.3 Å². The van der Waals surface area contributed by atoms with Gasteiger partial charge in [-0.05, 0) is 48.5 Å². The lowest BCUT2D eigenvalue weighted by molar-refractivity contribution is 0.102. The van der Waals surface area contributed by atoms with Crippen molar-refractivity contribution in [3.05, 3.63) is 65.9 Å². The molecule has 0 bridgehead atoms. The molecule has 6 heteroatoms. The van der Waals surface area contributed by atoms with Gasteiger partial charge in [0.25, 0.3) is 5.91 Å². The van der Waals surface area contributed by atoms with Crippen LogP contribution in [0, 0.1) is 0 Å². The molecule has 3 rings (SSSR count). The molecule has 1 amide bonds. The van der Waals surface area contributed by atoms with Crippen molar-refractivity contribution in [2.24, 2.45) is 0 Å². The molecular weight excluding hydrogens is 334 g/mol. The zero-order chi connectivity index (χ0) is 18.5. The molecule has 3 aromatic rings. The Labute approximate surface area is 151 Å². The van der Waals surface area contributed by atoms with Gasteiger partial charge in [0, 0.05) is 11.3 Å². The number of hydrogen-bond acceptors (Lipinski definition) is 5. The van der Waals surface area contributed by atoms with Crippen LogP contribution in [-0.2, 0) is 6.61 Å². The highest BCUT2D eigenvalue weighted by Crippen LogP contribution is 2.34. The Bertz CT molecular complexity index is 916. The van der Waals surface area contributed by atoms with E-state index < -0.39 is 0 Å². The van der Waals surface area contributed by atoms with Crippen LogP contribution >= 0.6 is 0 Å². The molecule has 1 heterocycles. The van der Waals surface area contributed by atoms with Crippen molar-refractivity contribution in [2.45, 2.75) is 6.61 Å². The standard InChI is InChI=1S/C20H19NO5/c1-24-15-5-3-4-13(10-15)20(23)21-14-6-8-18(25-2)17(11-14)19-9-7-16(12-22)26-19/h3-11,22H,12H2,1-2H3,(H,21,23). The normalized spacial score (nSPS) is 10.4. The first-order valence-electron chi connectivity index (χ1n) is 7.98. The van der Waals surface area contributed by atoms with Crippen LogP contribution in [0.3, 0.4) is 0 Å². The fourth-order valence-corrected chi connectivity index (χ4v) is 2.55. The number of anilines is 1. The van der Waals surface area contributed by atoms with Gasteiger partial charge in [-0.2, -0.15) is 0 Å². The monoisotopic (exact) mass is 353 g/mol. The highest BCUT2D eigenvalue weighted by Gasteiger charge is 2.13. The predicted octanol–water partition coefficient (Wildman–Crippen LogP) is 3.71. The number of nitrogens with one attached hydrogen (secondary N) is 1. The summed E-state index contributed by atoms with van der Waals surface area (Å²) < 4.78 is 16.1. The summed E-state index contributed by atoms with van der Waals surface area (Å²) in [6, 6.07) is 15.6. The first-order chi connectivity index (χ1) is 12.6. The molecule has 0 aliphatic rings. The van der Waals surface area contributed by atoms with Gasteiger partial charge in [-0.3, -0.25) is 4.79 Å². The van der Waals surface area contributed by atoms with E-state index in [9.17, 15) is 9.90 Å². The number of aliphatic hydroxyl groups is 1. The van der Waals surface area contributed by atoms with Crippen molar-refractivity contribution in [3.63, 3.8) is 0 Å². The summed E-state index contributed by atoms with van der Waals surface area (Å²) in [6.07, 6.45) is 0. The maximum atomic E-state index is 12.5. The average Bonchev–Trinajstić information content (AvgIpc) is 3.17. The van der Waals surface area contributed by atoms with E-state index in [0.29, 0.717) is 39.8 Å². The third kappa shape index (κ3) is 3.70. The van der Waals surface area contributed by atoms with Crippen LogP contribution in [0.15, 0.2) is 59.0 Å². The summed E-state index contributed by atoms with van der Waals surface area (Å²) in [7, 11) is 3.11. The van der Waals surface area contributed by atoms with Gasteiger partial charge in [0.15, 0.2) is 0 Å². The van der Waals surface area contributed by atoms with E-state index in [2.05, 4.69) is 5.32 Å². The predicted molar refractivity (Wildman–Crippen MR) is 97.6 cm³/mol. The number of methoxy groups -OCH3 is 2. The van der Waals surface area contributed by atoms with Gasteiger partial charge in [-0.25, -0.2) is 0 Å². The maximum absolute atomic E-state index is 12.5. The number of aliphatic hydroxyl groups excluding tert-OH is 1. The molecule has 26 heavy (non-hydrogen) atoms. The number of benzene rings is 2. The third-order valence-corrected chi connectivity index (χ3v) is 3.87. The summed E-state index contributed by atoms with van der Waals surface area (Å²) in [5.41, 5.74) is 1.76. The SMILES string of the molecule is COc1cccc(C(=O)Nc2ccc(OC)c(-c3ccc(CO)o3)c2)c1. The number of carbonyl (C=O) groups is 1. The molecule has 6 nitrogen and oxygen atoms in total. The van der Waals surface area contributed by atoms with Crippen LogP contribution in [0.2, 0.25) is 0 Å². The zero-order valence-corrected chi connectivity index (χ0v) is 14.5. The van der Waals surface area contributed by atoms with E-state index >= 15 is 0 Å². The number of hydrogen-bond donors (Lipinski definition) is 2. The summed E-state index contributed by atoms with van der Waals surface area (Å²) >= 11 is 0. The molecule has 0 aliphatic heterocycles.